The van der Waals surface area contributed by atoms with Gasteiger partial charge in [-0.05, 0) is 67.0 Å². The molecule has 0 spiro atoms. The predicted molar refractivity (Wildman–Crippen MR) is 80.6 cm³/mol. The van der Waals surface area contributed by atoms with Crippen molar-refractivity contribution in [1.29, 1.82) is 0 Å². The Hall–Kier alpha value is -1.96. The first-order valence-electron chi connectivity index (χ1n) is 7.11. The van der Waals surface area contributed by atoms with Crippen LogP contribution in [0.25, 0.3) is 0 Å². The van der Waals surface area contributed by atoms with Crippen LogP contribution in [0.4, 0.5) is 0 Å². The zero-order chi connectivity index (χ0) is 14.4. The van der Waals surface area contributed by atoms with Crippen LogP contribution in [0.1, 0.15) is 45.7 Å². The number of phenols is 2. The topological polar surface area (TPSA) is 40.5 Å². The average Bonchev–Trinajstić information content (AvgIpc) is 2.87. The molecular formula is C18H20O2. The summed E-state index contributed by atoms with van der Waals surface area (Å²) in [5.74, 6) is 0.388. The second kappa shape index (κ2) is 4.55. The Kier molecular flexibility index (Phi) is 2.97. The van der Waals surface area contributed by atoms with E-state index in [9.17, 15) is 10.2 Å². The maximum Gasteiger partial charge on any atom is 0.160 e. The average molecular weight is 268 g/mol. The summed E-state index contributed by atoms with van der Waals surface area (Å²) < 4.78 is 0. The van der Waals surface area contributed by atoms with Crippen molar-refractivity contribution in [3.63, 3.8) is 0 Å². The first kappa shape index (κ1) is 13.0. The van der Waals surface area contributed by atoms with Gasteiger partial charge in [0.05, 0.1) is 0 Å². The fourth-order valence-electron chi connectivity index (χ4n) is 3.52. The minimum Gasteiger partial charge on any atom is -0.504 e. The molecule has 1 atom stereocenters. The minimum absolute atomic E-state index is 0.0232. The van der Waals surface area contributed by atoms with Gasteiger partial charge < -0.3 is 10.2 Å². The lowest BCUT2D eigenvalue weighted by molar-refractivity contribution is 0.396. The monoisotopic (exact) mass is 268 g/mol. The maximum absolute atomic E-state index is 10.2. The summed E-state index contributed by atoms with van der Waals surface area (Å²) in [5.41, 5.74) is 6.65. The minimum atomic E-state index is 0.0232. The fraction of sp³-hybridized carbons (Fsp3) is 0.333. The first-order valence-corrected chi connectivity index (χ1v) is 7.11. The lowest BCUT2D eigenvalue weighted by Gasteiger charge is -2.21. The summed E-state index contributed by atoms with van der Waals surface area (Å²) in [6.45, 7) is 5.81. The summed E-state index contributed by atoms with van der Waals surface area (Å²) in [7, 11) is 0. The van der Waals surface area contributed by atoms with Crippen molar-refractivity contribution in [3.05, 3.63) is 57.6 Å². The molecule has 2 aromatic carbocycles. The van der Waals surface area contributed by atoms with Crippen molar-refractivity contribution in [2.45, 2.75) is 39.5 Å². The third-order valence-electron chi connectivity index (χ3n) is 4.79. The number of benzene rings is 2. The maximum atomic E-state index is 10.2. The summed E-state index contributed by atoms with van der Waals surface area (Å²) in [6.07, 6.45) is 2.16. The third-order valence-corrected chi connectivity index (χ3v) is 4.79. The van der Waals surface area contributed by atoms with Crippen molar-refractivity contribution in [3.8, 4) is 11.5 Å². The Morgan fingerprint density at radius 2 is 1.55 bits per heavy atom. The zero-order valence-electron chi connectivity index (χ0n) is 12.2. The van der Waals surface area contributed by atoms with E-state index < -0.39 is 0 Å². The van der Waals surface area contributed by atoms with E-state index in [1.165, 1.54) is 16.7 Å². The van der Waals surface area contributed by atoms with Gasteiger partial charge in [0.15, 0.2) is 11.5 Å². The lowest BCUT2D eigenvalue weighted by Crippen LogP contribution is -2.04. The van der Waals surface area contributed by atoms with Crippen LogP contribution in [0.3, 0.4) is 0 Å². The van der Waals surface area contributed by atoms with E-state index in [1.807, 2.05) is 20.8 Å². The van der Waals surface area contributed by atoms with E-state index in [0.29, 0.717) is 5.92 Å². The van der Waals surface area contributed by atoms with Gasteiger partial charge in [0.2, 0.25) is 0 Å². The van der Waals surface area contributed by atoms with Crippen LogP contribution in [0.5, 0.6) is 11.5 Å². The molecule has 0 fully saturated rings. The molecule has 0 radical (unpaired) electrons. The Bertz CT molecular complexity index is 657. The Morgan fingerprint density at radius 1 is 0.900 bits per heavy atom. The van der Waals surface area contributed by atoms with Gasteiger partial charge in [-0.3, -0.25) is 0 Å². The predicted octanol–water partition coefficient (Wildman–Crippen LogP) is 4.10. The summed E-state index contributed by atoms with van der Waals surface area (Å²) in [5, 5.41) is 20.1. The largest absolute Gasteiger partial charge is 0.504 e. The highest BCUT2D eigenvalue weighted by Crippen LogP contribution is 2.46. The Balaban J connectivity index is 2.23. The molecule has 3 rings (SSSR count). The highest BCUT2D eigenvalue weighted by molar-refractivity contribution is 5.60. The molecule has 2 nitrogen and oxygen atoms in total. The standard InChI is InChI=1S/C18H20O2/c1-10-11(2)17(19)18(20)12(3)16(10)15-9-8-13-6-4-5-7-14(13)15/h4-7,15,19-20H,8-9H2,1-3H3. The molecular weight excluding hydrogens is 248 g/mol. The third kappa shape index (κ3) is 1.71. The molecule has 2 heteroatoms. The number of hydrogen-bond acceptors (Lipinski definition) is 2. The molecule has 2 N–H and O–H groups in total. The van der Waals surface area contributed by atoms with Crippen LogP contribution in [0.2, 0.25) is 0 Å². The fourth-order valence-corrected chi connectivity index (χ4v) is 3.52. The first-order chi connectivity index (χ1) is 9.52. The van der Waals surface area contributed by atoms with Gasteiger partial charge in [0.1, 0.15) is 0 Å². The quantitative estimate of drug-likeness (QED) is 0.764. The second-order valence-corrected chi connectivity index (χ2v) is 5.78. The van der Waals surface area contributed by atoms with E-state index in [2.05, 4.69) is 24.3 Å². The van der Waals surface area contributed by atoms with Gasteiger partial charge in [-0.25, -0.2) is 0 Å². The smallest absolute Gasteiger partial charge is 0.160 e. The Labute approximate surface area is 119 Å². The van der Waals surface area contributed by atoms with Crippen molar-refractivity contribution in [1.82, 2.24) is 0 Å². The molecule has 0 amide bonds. The number of aromatic hydroxyl groups is 2. The van der Waals surface area contributed by atoms with Crippen molar-refractivity contribution in [2.24, 2.45) is 0 Å². The molecule has 20 heavy (non-hydrogen) atoms. The number of aryl methyl sites for hydroxylation is 1. The Morgan fingerprint density at radius 3 is 2.30 bits per heavy atom. The van der Waals surface area contributed by atoms with E-state index in [0.717, 1.165) is 29.5 Å². The molecule has 0 aliphatic heterocycles. The number of fused-ring (bicyclic) bond motifs is 1. The van der Waals surface area contributed by atoms with Crippen molar-refractivity contribution < 1.29 is 10.2 Å². The van der Waals surface area contributed by atoms with E-state index in [1.54, 1.807) is 0 Å². The number of hydrogen-bond donors (Lipinski definition) is 2. The molecule has 2 aromatic rings. The van der Waals surface area contributed by atoms with Crippen LogP contribution < -0.4 is 0 Å². The SMILES string of the molecule is Cc1c(C)c(C2CCc3ccccc32)c(C)c(O)c1O. The molecule has 1 aliphatic carbocycles. The highest BCUT2D eigenvalue weighted by atomic mass is 16.3. The van der Waals surface area contributed by atoms with Crippen LogP contribution in [-0.2, 0) is 6.42 Å². The molecule has 1 aliphatic rings. The second-order valence-electron chi connectivity index (χ2n) is 5.78. The van der Waals surface area contributed by atoms with Gasteiger partial charge in [0.25, 0.3) is 0 Å². The number of rotatable bonds is 1. The van der Waals surface area contributed by atoms with Crippen LogP contribution in [0, 0.1) is 20.8 Å². The van der Waals surface area contributed by atoms with Crippen LogP contribution in [0.15, 0.2) is 24.3 Å². The molecule has 0 saturated carbocycles. The van der Waals surface area contributed by atoms with Crippen molar-refractivity contribution in [2.75, 3.05) is 0 Å². The normalized spacial score (nSPS) is 17.2. The molecule has 0 heterocycles. The summed E-state index contributed by atoms with van der Waals surface area (Å²) in [6, 6.07) is 8.54. The molecule has 104 valence electrons. The van der Waals surface area contributed by atoms with Crippen molar-refractivity contribution >= 4 is 0 Å². The van der Waals surface area contributed by atoms with Gasteiger partial charge in [-0.15, -0.1) is 0 Å². The van der Waals surface area contributed by atoms with Crippen LogP contribution >= 0.6 is 0 Å². The zero-order valence-corrected chi connectivity index (χ0v) is 12.2. The highest BCUT2D eigenvalue weighted by Gasteiger charge is 2.28. The summed E-state index contributed by atoms with van der Waals surface area (Å²) >= 11 is 0. The van der Waals surface area contributed by atoms with E-state index in [4.69, 9.17) is 0 Å². The van der Waals surface area contributed by atoms with Gasteiger partial charge in [0, 0.05) is 5.92 Å². The summed E-state index contributed by atoms with van der Waals surface area (Å²) in [4.78, 5) is 0. The molecule has 0 aromatic heterocycles. The van der Waals surface area contributed by atoms with Gasteiger partial charge in [-0.2, -0.15) is 0 Å². The van der Waals surface area contributed by atoms with Crippen LogP contribution in [-0.4, -0.2) is 10.2 Å². The van der Waals surface area contributed by atoms with E-state index in [-0.39, 0.29) is 11.5 Å². The van der Waals surface area contributed by atoms with Gasteiger partial charge in [-0.1, -0.05) is 24.3 Å². The molecule has 0 saturated heterocycles. The van der Waals surface area contributed by atoms with E-state index >= 15 is 0 Å². The lowest BCUT2D eigenvalue weighted by atomic mass is 9.84. The molecule has 0 bridgehead atoms. The molecule has 1 unspecified atom stereocenters. The number of phenolic OH excluding ortho intramolecular Hbond substituents is 2. The van der Waals surface area contributed by atoms with Gasteiger partial charge >= 0.3 is 0 Å².